The highest BCUT2D eigenvalue weighted by Gasteiger charge is 2.19. The van der Waals surface area contributed by atoms with Gasteiger partial charge < -0.3 is 20.5 Å². The van der Waals surface area contributed by atoms with Crippen molar-refractivity contribution in [1.29, 1.82) is 0 Å². The molecule has 0 heterocycles. The van der Waals surface area contributed by atoms with E-state index >= 15 is 0 Å². The van der Waals surface area contributed by atoms with Gasteiger partial charge in [-0.2, -0.15) is 0 Å². The van der Waals surface area contributed by atoms with E-state index in [1.165, 1.54) is 5.56 Å². The first-order valence-electron chi connectivity index (χ1n) is 9.62. The van der Waals surface area contributed by atoms with Crippen LogP contribution in [0, 0.1) is 0 Å². The Bertz CT molecular complexity index is 485. The lowest BCUT2D eigenvalue weighted by Crippen LogP contribution is -2.45. The summed E-state index contributed by atoms with van der Waals surface area (Å²) in [6.07, 6.45) is 5.54. The molecule has 3 N–H and O–H groups in total. The second-order valence-corrected chi connectivity index (χ2v) is 6.61. The molecule has 0 spiro atoms. The zero-order valence-corrected chi connectivity index (χ0v) is 15.4. The molecular weight excluding hydrogens is 314 g/mol. The van der Waals surface area contributed by atoms with Gasteiger partial charge in [-0.05, 0) is 51.0 Å². The van der Waals surface area contributed by atoms with Crippen LogP contribution < -0.4 is 10.6 Å². The molecule has 0 radical (unpaired) electrons. The predicted molar refractivity (Wildman–Crippen MR) is 103 cm³/mol. The molecule has 0 unspecified atom stereocenters. The summed E-state index contributed by atoms with van der Waals surface area (Å²) in [7, 11) is 0. The highest BCUT2D eigenvalue weighted by molar-refractivity contribution is 5.80. The summed E-state index contributed by atoms with van der Waals surface area (Å²) in [5, 5.41) is 16.4. The number of rotatable bonds is 9. The third kappa shape index (κ3) is 8.36. The minimum atomic E-state index is -0.120. The van der Waals surface area contributed by atoms with Gasteiger partial charge in [0.25, 0.3) is 0 Å². The highest BCUT2D eigenvalue weighted by Crippen LogP contribution is 2.18. The normalized spacial score (nSPS) is 21.1. The number of aliphatic hydroxyl groups excluding tert-OH is 1. The molecule has 1 saturated carbocycles. The SMILES string of the molecule is CCNC(=NCCCOCCc1ccccc1)NC1CCC(O)CC1. The van der Waals surface area contributed by atoms with Crippen molar-refractivity contribution in [3.8, 4) is 0 Å². The molecule has 0 saturated heterocycles. The minimum Gasteiger partial charge on any atom is -0.393 e. The molecule has 1 aromatic carbocycles. The summed E-state index contributed by atoms with van der Waals surface area (Å²) < 4.78 is 5.70. The van der Waals surface area contributed by atoms with Crippen LogP contribution in [0.1, 0.15) is 44.6 Å². The third-order valence-corrected chi connectivity index (χ3v) is 4.48. The smallest absolute Gasteiger partial charge is 0.191 e. The first-order valence-corrected chi connectivity index (χ1v) is 9.62. The van der Waals surface area contributed by atoms with Crippen LogP contribution in [0.5, 0.6) is 0 Å². The Labute approximate surface area is 151 Å². The average molecular weight is 348 g/mol. The standard InChI is InChI=1S/C20H33N3O2/c1-2-21-20(23-18-9-11-19(24)12-10-18)22-14-6-15-25-16-13-17-7-4-3-5-8-17/h3-5,7-8,18-19,24H,2,6,9-16H2,1H3,(H2,21,22,23). The van der Waals surface area contributed by atoms with E-state index < -0.39 is 0 Å². The van der Waals surface area contributed by atoms with Crippen molar-refractivity contribution in [2.45, 2.75) is 57.6 Å². The molecule has 1 aliphatic rings. The fourth-order valence-electron chi connectivity index (χ4n) is 3.03. The van der Waals surface area contributed by atoms with Gasteiger partial charge in [0.1, 0.15) is 0 Å². The molecule has 0 atom stereocenters. The van der Waals surface area contributed by atoms with E-state index in [2.05, 4.69) is 46.8 Å². The summed E-state index contributed by atoms with van der Waals surface area (Å²) >= 11 is 0. The number of benzene rings is 1. The molecule has 1 aromatic rings. The largest absolute Gasteiger partial charge is 0.393 e. The van der Waals surface area contributed by atoms with Gasteiger partial charge >= 0.3 is 0 Å². The molecule has 1 aliphatic carbocycles. The Morgan fingerprint density at radius 2 is 1.92 bits per heavy atom. The maximum absolute atomic E-state index is 9.59. The average Bonchev–Trinajstić information content (AvgIpc) is 2.64. The van der Waals surface area contributed by atoms with Gasteiger partial charge in [0, 0.05) is 25.7 Å². The molecule has 0 aromatic heterocycles. The van der Waals surface area contributed by atoms with Crippen LogP contribution in [0.15, 0.2) is 35.3 Å². The summed E-state index contributed by atoms with van der Waals surface area (Å²) in [6.45, 7) is 5.20. The van der Waals surface area contributed by atoms with Crippen LogP contribution >= 0.6 is 0 Å². The van der Waals surface area contributed by atoms with Crippen LogP contribution in [-0.2, 0) is 11.2 Å². The van der Waals surface area contributed by atoms with E-state index in [4.69, 9.17) is 4.74 Å². The number of nitrogens with one attached hydrogen (secondary N) is 2. The summed E-state index contributed by atoms with van der Waals surface area (Å²) in [5.74, 6) is 0.883. The van der Waals surface area contributed by atoms with Crippen LogP contribution in [0.4, 0.5) is 0 Å². The molecule has 2 rings (SSSR count). The van der Waals surface area contributed by atoms with Crippen molar-refractivity contribution in [2.75, 3.05) is 26.3 Å². The molecule has 0 bridgehead atoms. The monoisotopic (exact) mass is 347 g/mol. The van der Waals surface area contributed by atoms with E-state index in [0.717, 1.165) is 70.8 Å². The van der Waals surface area contributed by atoms with Gasteiger partial charge in [0.15, 0.2) is 5.96 Å². The summed E-state index contributed by atoms with van der Waals surface area (Å²) in [5.41, 5.74) is 1.32. The van der Waals surface area contributed by atoms with Crippen molar-refractivity contribution in [3.05, 3.63) is 35.9 Å². The van der Waals surface area contributed by atoms with Gasteiger partial charge in [0.2, 0.25) is 0 Å². The van der Waals surface area contributed by atoms with Crippen molar-refractivity contribution in [2.24, 2.45) is 4.99 Å². The van der Waals surface area contributed by atoms with Crippen LogP contribution in [0.25, 0.3) is 0 Å². The van der Waals surface area contributed by atoms with Gasteiger partial charge in [-0.1, -0.05) is 30.3 Å². The Morgan fingerprint density at radius 3 is 2.64 bits per heavy atom. The van der Waals surface area contributed by atoms with Gasteiger partial charge in [-0.3, -0.25) is 4.99 Å². The topological polar surface area (TPSA) is 65.9 Å². The molecule has 5 heteroatoms. The first-order chi connectivity index (χ1) is 12.3. The second-order valence-electron chi connectivity index (χ2n) is 6.61. The fraction of sp³-hybridized carbons (Fsp3) is 0.650. The maximum Gasteiger partial charge on any atom is 0.191 e. The number of aliphatic hydroxyl groups is 1. The van der Waals surface area contributed by atoms with E-state index in [-0.39, 0.29) is 6.10 Å². The molecular formula is C20H33N3O2. The predicted octanol–water partition coefficient (Wildman–Crippen LogP) is 2.49. The fourth-order valence-corrected chi connectivity index (χ4v) is 3.03. The first kappa shape index (κ1) is 19.7. The lowest BCUT2D eigenvalue weighted by Gasteiger charge is -2.27. The lowest BCUT2D eigenvalue weighted by atomic mass is 9.93. The van der Waals surface area contributed by atoms with Gasteiger partial charge in [-0.25, -0.2) is 0 Å². The van der Waals surface area contributed by atoms with Crippen molar-refractivity contribution in [3.63, 3.8) is 0 Å². The molecule has 140 valence electrons. The zero-order valence-electron chi connectivity index (χ0n) is 15.4. The summed E-state index contributed by atoms with van der Waals surface area (Å²) in [6, 6.07) is 10.8. The third-order valence-electron chi connectivity index (χ3n) is 4.48. The molecule has 5 nitrogen and oxygen atoms in total. The highest BCUT2D eigenvalue weighted by atomic mass is 16.5. The number of hydrogen-bond donors (Lipinski definition) is 3. The van der Waals surface area contributed by atoms with Gasteiger partial charge in [-0.15, -0.1) is 0 Å². The van der Waals surface area contributed by atoms with E-state index in [0.29, 0.717) is 6.04 Å². The lowest BCUT2D eigenvalue weighted by molar-refractivity contribution is 0.120. The van der Waals surface area contributed by atoms with Crippen LogP contribution in [0.3, 0.4) is 0 Å². The Morgan fingerprint density at radius 1 is 1.16 bits per heavy atom. The number of hydrogen-bond acceptors (Lipinski definition) is 3. The van der Waals surface area contributed by atoms with Crippen molar-refractivity contribution >= 4 is 5.96 Å². The van der Waals surface area contributed by atoms with Crippen molar-refractivity contribution in [1.82, 2.24) is 10.6 Å². The van der Waals surface area contributed by atoms with Crippen molar-refractivity contribution < 1.29 is 9.84 Å². The second kappa shape index (κ2) is 11.9. The van der Waals surface area contributed by atoms with E-state index in [1.807, 2.05) is 6.07 Å². The van der Waals surface area contributed by atoms with Gasteiger partial charge in [0.05, 0.1) is 12.7 Å². The molecule has 0 amide bonds. The zero-order chi connectivity index (χ0) is 17.7. The Kier molecular flexibility index (Phi) is 9.37. The maximum atomic E-state index is 9.59. The number of nitrogens with zero attached hydrogens (tertiary/aromatic N) is 1. The Hall–Kier alpha value is -1.59. The molecule has 25 heavy (non-hydrogen) atoms. The van der Waals surface area contributed by atoms with E-state index in [9.17, 15) is 5.11 Å². The van der Waals surface area contributed by atoms with Crippen LogP contribution in [-0.4, -0.2) is 49.5 Å². The number of guanidine groups is 1. The molecule has 1 fully saturated rings. The number of aliphatic imine (C=N–C) groups is 1. The van der Waals surface area contributed by atoms with Crippen LogP contribution in [0.2, 0.25) is 0 Å². The number of ether oxygens (including phenoxy) is 1. The minimum absolute atomic E-state index is 0.120. The summed E-state index contributed by atoms with van der Waals surface area (Å²) in [4.78, 5) is 4.63. The molecule has 0 aliphatic heterocycles. The van der Waals surface area contributed by atoms with E-state index in [1.54, 1.807) is 0 Å². The Balaban J connectivity index is 1.58. The quantitative estimate of drug-likeness (QED) is 0.365.